The Labute approximate surface area is 154 Å². The molecule has 25 heavy (non-hydrogen) atoms. The van der Waals surface area contributed by atoms with Gasteiger partial charge in [0.25, 0.3) is 0 Å². The van der Waals surface area contributed by atoms with E-state index in [1.54, 1.807) is 16.7 Å². The van der Waals surface area contributed by atoms with Crippen molar-refractivity contribution in [2.45, 2.75) is 26.8 Å². The molecule has 1 N–H and O–H groups in total. The molecule has 0 spiro atoms. The molecule has 0 bridgehead atoms. The Hall–Kier alpha value is -2.25. The third kappa shape index (κ3) is 4.43. The SMILES string of the molecule is Cc1nc(-c2ccc(CCNC(=O)Cn3c(C)csc3=O)cc2)cs1. The van der Waals surface area contributed by atoms with Gasteiger partial charge >= 0.3 is 4.87 Å². The van der Waals surface area contributed by atoms with Gasteiger partial charge in [-0.2, -0.15) is 0 Å². The second-order valence-corrected chi connectivity index (χ2v) is 7.66. The van der Waals surface area contributed by atoms with Crippen LogP contribution in [0.4, 0.5) is 0 Å². The summed E-state index contributed by atoms with van der Waals surface area (Å²) in [6.45, 7) is 4.45. The molecule has 7 heteroatoms. The lowest BCUT2D eigenvalue weighted by molar-refractivity contribution is -0.121. The zero-order valence-electron chi connectivity index (χ0n) is 14.1. The van der Waals surface area contributed by atoms with Gasteiger partial charge in [0.2, 0.25) is 5.91 Å². The quantitative estimate of drug-likeness (QED) is 0.722. The normalized spacial score (nSPS) is 10.8. The van der Waals surface area contributed by atoms with Crippen LogP contribution in [0.2, 0.25) is 0 Å². The molecule has 1 amide bonds. The average molecular weight is 374 g/mol. The molecular formula is C18H19N3O2S2. The lowest BCUT2D eigenvalue weighted by atomic mass is 10.1. The highest BCUT2D eigenvalue weighted by Gasteiger charge is 2.08. The maximum absolute atomic E-state index is 12.0. The van der Waals surface area contributed by atoms with Gasteiger partial charge in [-0.3, -0.25) is 14.2 Å². The van der Waals surface area contributed by atoms with Gasteiger partial charge in [0.05, 0.1) is 10.7 Å². The molecule has 0 fully saturated rings. The van der Waals surface area contributed by atoms with Crippen LogP contribution in [0.25, 0.3) is 11.3 Å². The summed E-state index contributed by atoms with van der Waals surface area (Å²) in [5, 5.41) is 7.75. The van der Waals surface area contributed by atoms with Gasteiger partial charge in [0.1, 0.15) is 6.54 Å². The first kappa shape index (κ1) is 17.6. The molecule has 0 aliphatic heterocycles. The number of aryl methyl sites for hydroxylation is 2. The second kappa shape index (κ2) is 7.76. The lowest BCUT2D eigenvalue weighted by Gasteiger charge is -2.07. The van der Waals surface area contributed by atoms with Gasteiger partial charge in [-0.1, -0.05) is 35.6 Å². The Morgan fingerprint density at radius 1 is 1.16 bits per heavy atom. The standard InChI is InChI=1S/C18H19N3O2S2/c1-12-10-25-18(23)21(12)9-17(22)19-8-7-14-3-5-15(6-4-14)16-11-24-13(2)20-16/h3-6,10-11H,7-9H2,1-2H3,(H,19,22). The van der Waals surface area contributed by atoms with Crippen LogP contribution in [0.1, 0.15) is 16.3 Å². The van der Waals surface area contributed by atoms with E-state index in [-0.39, 0.29) is 17.3 Å². The van der Waals surface area contributed by atoms with Crippen LogP contribution in [-0.4, -0.2) is 22.0 Å². The van der Waals surface area contributed by atoms with Crippen molar-refractivity contribution in [3.8, 4) is 11.3 Å². The molecule has 0 aliphatic rings. The molecule has 0 unspecified atom stereocenters. The molecule has 130 valence electrons. The highest BCUT2D eigenvalue weighted by molar-refractivity contribution is 7.09. The van der Waals surface area contributed by atoms with Crippen molar-refractivity contribution in [1.29, 1.82) is 0 Å². The molecule has 2 heterocycles. The minimum atomic E-state index is -0.141. The van der Waals surface area contributed by atoms with Gasteiger partial charge < -0.3 is 5.32 Å². The highest BCUT2D eigenvalue weighted by atomic mass is 32.1. The molecule has 5 nitrogen and oxygen atoms in total. The van der Waals surface area contributed by atoms with E-state index < -0.39 is 0 Å². The Kier molecular flexibility index (Phi) is 5.45. The van der Waals surface area contributed by atoms with Crippen LogP contribution in [0, 0.1) is 13.8 Å². The van der Waals surface area contributed by atoms with E-state index >= 15 is 0 Å². The largest absolute Gasteiger partial charge is 0.354 e. The fraction of sp³-hybridized carbons (Fsp3) is 0.278. The maximum Gasteiger partial charge on any atom is 0.307 e. The smallest absolute Gasteiger partial charge is 0.307 e. The molecule has 2 aromatic heterocycles. The summed E-state index contributed by atoms with van der Waals surface area (Å²) in [7, 11) is 0. The average Bonchev–Trinajstić information content (AvgIpc) is 3.16. The zero-order chi connectivity index (χ0) is 17.8. The second-order valence-electron chi connectivity index (χ2n) is 5.78. The van der Waals surface area contributed by atoms with Gasteiger partial charge in [-0.25, -0.2) is 4.98 Å². The number of benzene rings is 1. The van der Waals surface area contributed by atoms with E-state index in [0.29, 0.717) is 6.54 Å². The topological polar surface area (TPSA) is 64.0 Å². The highest BCUT2D eigenvalue weighted by Crippen LogP contribution is 2.21. The molecule has 0 radical (unpaired) electrons. The minimum absolute atomic E-state index is 0.0796. The Morgan fingerprint density at radius 3 is 2.52 bits per heavy atom. The molecular weight excluding hydrogens is 354 g/mol. The van der Waals surface area contributed by atoms with E-state index in [0.717, 1.165) is 45.3 Å². The Morgan fingerprint density at radius 2 is 1.92 bits per heavy atom. The molecule has 1 aromatic carbocycles. The van der Waals surface area contributed by atoms with Crippen LogP contribution in [-0.2, 0) is 17.8 Å². The molecule has 3 rings (SSSR count). The molecule has 0 aliphatic carbocycles. The number of hydrogen-bond acceptors (Lipinski definition) is 5. The van der Waals surface area contributed by atoms with Crippen molar-refractivity contribution in [2.24, 2.45) is 0 Å². The predicted molar refractivity (Wildman–Crippen MR) is 102 cm³/mol. The maximum atomic E-state index is 12.0. The van der Waals surface area contributed by atoms with Crippen LogP contribution in [0.3, 0.4) is 0 Å². The summed E-state index contributed by atoms with van der Waals surface area (Å²) in [5.74, 6) is -0.141. The predicted octanol–water partition coefficient (Wildman–Crippen LogP) is 3.01. The number of nitrogens with one attached hydrogen (secondary N) is 1. The number of aromatic nitrogens is 2. The van der Waals surface area contributed by atoms with E-state index in [4.69, 9.17) is 0 Å². The number of rotatable bonds is 6. The minimum Gasteiger partial charge on any atom is -0.354 e. The van der Waals surface area contributed by atoms with Crippen LogP contribution >= 0.6 is 22.7 Å². The monoisotopic (exact) mass is 373 g/mol. The summed E-state index contributed by atoms with van der Waals surface area (Å²) in [6, 6.07) is 8.23. The van der Waals surface area contributed by atoms with Gasteiger partial charge in [-0.05, 0) is 25.8 Å². The lowest BCUT2D eigenvalue weighted by Crippen LogP contribution is -2.32. The van der Waals surface area contributed by atoms with Crippen molar-refractivity contribution in [3.63, 3.8) is 0 Å². The number of amides is 1. The molecule has 0 saturated heterocycles. The number of carbonyl (C=O) groups excluding carboxylic acids is 1. The summed E-state index contributed by atoms with van der Waals surface area (Å²) in [5.41, 5.74) is 4.07. The molecule has 0 saturated carbocycles. The number of hydrogen-bond donors (Lipinski definition) is 1. The number of thiazole rings is 2. The van der Waals surface area contributed by atoms with E-state index in [1.807, 2.05) is 13.8 Å². The van der Waals surface area contributed by atoms with E-state index in [1.165, 1.54) is 4.57 Å². The van der Waals surface area contributed by atoms with Gasteiger partial charge in [-0.15, -0.1) is 11.3 Å². The first-order valence-electron chi connectivity index (χ1n) is 7.96. The fourth-order valence-electron chi connectivity index (χ4n) is 2.48. The van der Waals surface area contributed by atoms with E-state index in [9.17, 15) is 9.59 Å². The van der Waals surface area contributed by atoms with Crippen molar-refractivity contribution in [1.82, 2.24) is 14.9 Å². The molecule has 0 atom stereocenters. The van der Waals surface area contributed by atoms with Gasteiger partial charge in [0.15, 0.2) is 0 Å². The Bertz CT molecular complexity index is 922. The fourth-order valence-corrected chi connectivity index (χ4v) is 3.84. The first-order valence-corrected chi connectivity index (χ1v) is 9.72. The van der Waals surface area contributed by atoms with Crippen LogP contribution in [0.15, 0.2) is 39.8 Å². The van der Waals surface area contributed by atoms with E-state index in [2.05, 4.69) is 39.9 Å². The Balaban J connectivity index is 1.50. The molecule has 3 aromatic rings. The van der Waals surface area contributed by atoms with Crippen molar-refractivity contribution < 1.29 is 4.79 Å². The van der Waals surface area contributed by atoms with Crippen molar-refractivity contribution >= 4 is 28.6 Å². The van der Waals surface area contributed by atoms with Crippen molar-refractivity contribution in [3.05, 3.63) is 61.0 Å². The summed E-state index contributed by atoms with van der Waals surface area (Å²) >= 11 is 2.76. The third-order valence-electron chi connectivity index (χ3n) is 3.88. The summed E-state index contributed by atoms with van der Waals surface area (Å²) in [6.07, 6.45) is 0.750. The number of carbonyl (C=O) groups is 1. The first-order chi connectivity index (χ1) is 12.0. The van der Waals surface area contributed by atoms with Crippen LogP contribution < -0.4 is 10.2 Å². The zero-order valence-corrected chi connectivity index (χ0v) is 15.7. The summed E-state index contributed by atoms with van der Waals surface area (Å²) in [4.78, 5) is 28.0. The van der Waals surface area contributed by atoms with Crippen molar-refractivity contribution in [2.75, 3.05) is 6.54 Å². The van der Waals surface area contributed by atoms with Crippen LogP contribution in [0.5, 0.6) is 0 Å². The number of nitrogens with zero attached hydrogens (tertiary/aromatic N) is 2. The summed E-state index contributed by atoms with van der Waals surface area (Å²) < 4.78 is 1.49. The van der Waals surface area contributed by atoms with Gasteiger partial charge in [0, 0.05) is 28.6 Å². The third-order valence-corrected chi connectivity index (χ3v) is 5.54.